The third kappa shape index (κ3) is 5.09. The quantitative estimate of drug-likeness (QED) is 0.378. The Morgan fingerprint density at radius 1 is 1.15 bits per heavy atom. The van der Waals surface area contributed by atoms with E-state index in [1.165, 1.54) is 11.8 Å². The van der Waals surface area contributed by atoms with Crippen molar-refractivity contribution in [2.75, 3.05) is 19.6 Å². The zero-order valence-electron chi connectivity index (χ0n) is 18.4. The summed E-state index contributed by atoms with van der Waals surface area (Å²) in [6, 6.07) is 9.38. The Kier molecular flexibility index (Phi) is 7.80. The molecule has 0 unspecified atom stereocenters. The summed E-state index contributed by atoms with van der Waals surface area (Å²) in [5, 5.41) is 4.32. The van der Waals surface area contributed by atoms with Crippen molar-refractivity contribution in [1.29, 1.82) is 0 Å². The van der Waals surface area contributed by atoms with Crippen molar-refractivity contribution >= 4 is 59.3 Å². The van der Waals surface area contributed by atoms with Gasteiger partial charge in [0.1, 0.15) is 10.8 Å². The number of nitrogens with one attached hydrogen (secondary N) is 1. The van der Waals surface area contributed by atoms with E-state index < -0.39 is 0 Å². The number of likely N-dealkylation sites (tertiary alicyclic amines) is 1. The number of nitrogens with zero attached hydrogens (tertiary/aromatic N) is 4. The van der Waals surface area contributed by atoms with Gasteiger partial charge in [-0.15, -0.1) is 12.4 Å². The molecule has 0 bridgehead atoms. The van der Waals surface area contributed by atoms with Gasteiger partial charge < -0.3 is 10.2 Å². The fourth-order valence-electron chi connectivity index (χ4n) is 4.42. The predicted octanol–water partition coefficient (Wildman–Crippen LogP) is 4.70. The topological polar surface area (TPSA) is 79.6 Å². The fraction of sp³-hybridized carbons (Fsp3) is 0.333. The Labute approximate surface area is 213 Å². The number of aromatic nitrogens is 3. The number of imidazole rings is 1. The van der Waals surface area contributed by atoms with Gasteiger partial charge in [-0.05, 0) is 61.9 Å². The molecule has 0 saturated carbocycles. The average Bonchev–Trinajstić information content (AvgIpc) is 3.26. The second kappa shape index (κ2) is 10.8. The summed E-state index contributed by atoms with van der Waals surface area (Å²) in [4.78, 5) is 36.3. The molecule has 0 aromatic carbocycles. The summed E-state index contributed by atoms with van der Waals surface area (Å²) in [7, 11) is 0. The minimum atomic E-state index is -0.0471. The third-order valence-corrected chi connectivity index (χ3v) is 7.56. The molecule has 2 amide bonds. The van der Waals surface area contributed by atoms with E-state index in [2.05, 4.69) is 19.7 Å². The number of halogens is 2. The van der Waals surface area contributed by atoms with Crippen LogP contribution in [-0.4, -0.2) is 50.7 Å². The number of carbonyl (C=O) groups is 2. The first-order valence-corrected chi connectivity index (χ1v) is 12.3. The highest BCUT2D eigenvalue weighted by Gasteiger charge is 2.25. The normalized spacial score (nSPS) is 15.6. The SMILES string of the molecule is Cl.O=C(NCCCC1CCN(C(=O)c2cccnc2Cl)CC1)C1=Cc2cnc3cccc(n23)S1. The van der Waals surface area contributed by atoms with E-state index in [4.69, 9.17) is 11.6 Å². The highest BCUT2D eigenvalue weighted by molar-refractivity contribution is 8.04. The largest absolute Gasteiger partial charge is 0.352 e. The molecule has 0 spiro atoms. The van der Waals surface area contributed by atoms with Crippen LogP contribution in [0.4, 0.5) is 0 Å². The lowest BCUT2D eigenvalue weighted by Crippen LogP contribution is -2.38. The Balaban J connectivity index is 0.00000274. The van der Waals surface area contributed by atoms with Gasteiger partial charge in [-0.3, -0.25) is 14.0 Å². The van der Waals surface area contributed by atoms with E-state index in [9.17, 15) is 9.59 Å². The molecule has 1 N–H and O–H groups in total. The van der Waals surface area contributed by atoms with Crippen molar-refractivity contribution in [3.63, 3.8) is 0 Å². The number of carbonyl (C=O) groups excluding carboxylic acids is 2. The highest BCUT2D eigenvalue weighted by atomic mass is 35.5. The van der Waals surface area contributed by atoms with E-state index in [1.807, 2.05) is 29.2 Å². The predicted molar refractivity (Wildman–Crippen MR) is 136 cm³/mol. The van der Waals surface area contributed by atoms with Gasteiger partial charge in [-0.2, -0.15) is 0 Å². The van der Waals surface area contributed by atoms with Gasteiger partial charge in [0.05, 0.1) is 27.4 Å². The van der Waals surface area contributed by atoms with Gasteiger partial charge in [0.25, 0.3) is 11.8 Å². The van der Waals surface area contributed by atoms with Crippen molar-refractivity contribution in [2.45, 2.75) is 30.7 Å². The molecule has 0 radical (unpaired) electrons. The first-order chi connectivity index (χ1) is 16.1. The molecule has 10 heteroatoms. The van der Waals surface area contributed by atoms with E-state index >= 15 is 0 Å². The van der Waals surface area contributed by atoms with Crippen LogP contribution >= 0.6 is 35.8 Å². The molecule has 0 atom stereocenters. The van der Waals surface area contributed by atoms with Crippen molar-refractivity contribution in [1.82, 2.24) is 24.6 Å². The molecule has 2 aliphatic heterocycles. The number of hydrogen-bond acceptors (Lipinski definition) is 5. The first-order valence-electron chi connectivity index (χ1n) is 11.1. The third-order valence-electron chi connectivity index (χ3n) is 6.20. The zero-order valence-corrected chi connectivity index (χ0v) is 20.8. The first kappa shape index (κ1) is 24.6. The van der Waals surface area contributed by atoms with Crippen LogP contribution in [0.5, 0.6) is 0 Å². The molecule has 1 fully saturated rings. The minimum Gasteiger partial charge on any atom is -0.352 e. The molecular formula is C24H25Cl2N5O2S. The van der Waals surface area contributed by atoms with Crippen LogP contribution in [0.25, 0.3) is 11.7 Å². The number of amides is 2. The molecule has 0 aliphatic carbocycles. The summed E-state index contributed by atoms with van der Waals surface area (Å²) in [5.74, 6) is 0.470. The molecular weight excluding hydrogens is 493 g/mol. The fourth-order valence-corrected chi connectivity index (χ4v) is 5.63. The van der Waals surface area contributed by atoms with E-state index in [0.29, 0.717) is 22.9 Å². The lowest BCUT2D eigenvalue weighted by Gasteiger charge is -2.32. The lowest BCUT2D eigenvalue weighted by molar-refractivity contribution is -0.116. The maximum absolute atomic E-state index is 12.7. The summed E-state index contributed by atoms with van der Waals surface area (Å²) in [6.45, 7) is 2.10. The van der Waals surface area contributed by atoms with Crippen molar-refractivity contribution < 1.29 is 9.59 Å². The number of hydrogen-bond donors (Lipinski definition) is 1. The molecule has 5 heterocycles. The number of pyridine rings is 2. The monoisotopic (exact) mass is 517 g/mol. The van der Waals surface area contributed by atoms with Gasteiger partial charge in [0, 0.05) is 25.8 Å². The van der Waals surface area contributed by atoms with Crippen LogP contribution in [0.2, 0.25) is 5.15 Å². The van der Waals surface area contributed by atoms with Crippen LogP contribution in [0.3, 0.4) is 0 Å². The van der Waals surface area contributed by atoms with Crippen LogP contribution < -0.4 is 5.32 Å². The Bertz CT molecular complexity index is 1240. The average molecular weight is 518 g/mol. The standard InChI is InChI=1S/C24H24ClN5O2S.ClH/c25-22-18(5-3-10-26-22)24(32)29-12-8-16(9-13-29)4-2-11-27-23(31)19-14-17-15-28-20-6-1-7-21(33-19)30(17)20;/h1,3,5-7,10,14-16H,2,4,8-9,11-13H2,(H,27,31);1H. The molecule has 5 rings (SSSR count). The number of thioether (sulfide) groups is 1. The van der Waals surface area contributed by atoms with Crippen molar-refractivity contribution in [3.05, 3.63) is 64.0 Å². The molecule has 178 valence electrons. The van der Waals surface area contributed by atoms with Gasteiger partial charge in [0.15, 0.2) is 0 Å². The smallest absolute Gasteiger partial charge is 0.258 e. The van der Waals surface area contributed by atoms with Gasteiger partial charge >= 0.3 is 0 Å². The van der Waals surface area contributed by atoms with Gasteiger partial charge in [0.2, 0.25) is 0 Å². The van der Waals surface area contributed by atoms with Crippen molar-refractivity contribution in [3.8, 4) is 0 Å². The Morgan fingerprint density at radius 3 is 2.76 bits per heavy atom. The zero-order chi connectivity index (χ0) is 22.8. The summed E-state index contributed by atoms with van der Waals surface area (Å²) in [5.41, 5.74) is 2.29. The summed E-state index contributed by atoms with van der Waals surface area (Å²) < 4.78 is 2.06. The molecule has 3 aromatic heterocycles. The maximum atomic E-state index is 12.7. The molecule has 1 saturated heterocycles. The van der Waals surface area contributed by atoms with Gasteiger partial charge in [-0.1, -0.05) is 29.4 Å². The van der Waals surface area contributed by atoms with E-state index in [0.717, 1.165) is 55.1 Å². The van der Waals surface area contributed by atoms with Crippen molar-refractivity contribution in [2.24, 2.45) is 5.92 Å². The van der Waals surface area contributed by atoms with Crippen LogP contribution in [-0.2, 0) is 4.79 Å². The molecule has 7 nitrogen and oxygen atoms in total. The highest BCUT2D eigenvalue weighted by Crippen LogP contribution is 2.34. The second-order valence-corrected chi connectivity index (χ2v) is 9.75. The van der Waals surface area contributed by atoms with E-state index in [-0.39, 0.29) is 29.4 Å². The minimum absolute atomic E-state index is 0. The number of piperidine rings is 1. The Hall–Kier alpha value is -2.55. The Morgan fingerprint density at radius 2 is 1.97 bits per heavy atom. The molecule has 3 aromatic rings. The summed E-state index contributed by atoms with van der Waals surface area (Å²) >= 11 is 7.54. The van der Waals surface area contributed by atoms with Crippen LogP contribution in [0, 0.1) is 5.92 Å². The summed E-state index contributed by atoms with van der Waals surface area (Å²) in [6.07, 6.45) is 9.17. The lowest BCUT2D eigenvalue weighted by atomic mass is 9.92. The second-order valence-electron chi connectivity index (χ2n) is 8.33. The van der Waals surface area contributed by atoms with Crippen LogP contribution in [0.15, 0.2) is 52.7 Å². The molecule has 2 aliphatic rings. The van der Waals surface area contributed by atoms with Gasteiger partial charge in [-0.25, -0.2) is 9.97 Å². The molecule has 34 heavy (non-hydrogen) atoms. The van der Waals surface area contributed by atoms with Crippen LogP contribution in [0.1, 0.15) is 41.7 Å². The maximum Gasteiger partial charge on any atom is 0.258 e. The number of rotatable bonds is 6. The van der Waals surface area contributed by atoms with E-state index in [1.54, 1.807) is 24.5 Å².